The third kappa shape index (κ3) is 8.90. The van der Waals surface area contributed by atoms with Crippen LogP contribution in [0.3, 0.4) is 0 Å². The van der Waals surface area contributed by atoms with Crippen molar-refractivity contribution in [1.29, 1.82) is 0 Å². The van der Waals surface area contributed by atoms with Gasteiger partial charge in [0.25, 0.3) is 0 Å². The topological polar surface area (TPSA) is 86.8 Å². The van der Waals surface area contributed by atoms with E-state index in [1.807, 2.05) is 39.8 Å². The number of halogens is 2. The number of anilines is 1. The van der Waals surface area contributed by atoms with Gasteiger partial charge in [0, 0.05) is 25.6 Å². The van der Waals surface area contributed by atoms with Crippen molar-refractivity contribution in [3.05, 3.63) is 63.6 Å². The predicted molar refractivity (Wildman–Crippen MR) is 152 cm³/mol. The largest absolute Gasteiger partial charge is 0.352 e. The molecule has 0 aliphatic heterocycles. The summed E-state index contributed by atoms with van der Waals surface area (Å²) < 4.78 is 26.4. The Morgan fingerprint density at radius 2 is 1.70 bits per heavy atom. The summed E-state index contributed by atoms with van der Waals surface area (Å²) in [7, 11) is -3.55. The van der Waals surface area contributed by atoms with Gasteiger partial charge in [0.2, 0.25) is 21.8 Å². The van der Waals surface area contributed by atoms with E-state index in [0.717, 1.165) is 23.8 Å². The number of nitrogens with zero attached hydrogens (tertiary/aromatic N) is 2. The maximum atomic E-state index is 13.5. The molecule has 2 unspecified atom stereocenters. The second kappa shape index (κ2) is 14.0. The molecule has 0 saturated carbocycles. The zero-order valence-electron chi connectivity index (χ0n) is 22.1. The van der Waals surface area contributed by atoms with Crippen LogP contribution in [-0.2, 0) is 26.2 Å². The van der Waals surface area contributed by atoms with Gasteiger partial charge in [-0.25, -0.2) is 8.42 Å². The Labute approximate surface area is 231 Å². The molecule has 0 saturated heterocycles. The van der Waals surface area contributed by atoms with Gasteiger partial charge in [0.1, 0.15) is 6.04 Å². The lowest BCUT2D eigenvalue weighted by Gasteiger charge is -2.32. The van der Waals surface area contributed by atoms with Crippen LogP contribution in [0, 0.1) is 6.92 Å². The summed E-state index contributed by atoms with van der Waals surface area (Å²) in [5.74, 6) is -0.460. The van der Waals surface area contributed by atoms with Crippen LogP contribution in [0.25, 0.3) is 0 Å². The van der Waals surface area contributed by atoms with Crippen molar-refractivity contribution in [3.8, 4) is 0 Å². The van der Waals surface area contributed by atoms with Gasteiger partial charge in [-0.15, -0.1) is 0 Å². The molecule has 2 amide bonds. The van der Waals surface area contributed by atoms with E-state index in [2.05, 4.69) is 5.32 Å². The smallest absolute Gasteiger partial charge is 0.243 e. The summed E-state index contributed by atoms with van der Waals surface area (Å²) in [5, 5.41) is 3.75. The van der Waals surface area contributed by atoms with Gasteiger partial charge < -0.3 is 10.2 Å². The average Bonchev–Trinajstić information content (AvgIpc) is 2.83. The van der Waals surface area contributed by atoms with Crippen LogP contribution in [0.4, 0.5) is 5.69 Å². The van der Waals surface area contributed by atoms with Crippen molar-refractivity contribution in [1.82, 2.24) is 10.2 Å². The minimum atomic E-state index is -3.55. The molecule has 2 aromatic rings. The maximum Gasteiger partial charge on any atom is 0.243 e. The fraction of sp³-hybridized carbons (Fsp3) is 0.481. The number of carbonyl (C=O) groups excluding carboxylic acids is 2. The third-order valence-corrected chi connectivity index (χ3v) is 8.18. The summed E-state index contributed by atoms with van der Waals surface area (Å²) in [5.41, 5.74) is 2.16. The lowest BCUT2D eigenvalue weighted by atomic mass is 10.1. The third-order valence-electron chi connectivity index (χ3n) is 6.26. The van der Waals surface area contributed by atoms with Gasteiger partial charge in [-0.05, 0) is 62.4 Å². The molecule has 0 aliphatic rings. The molecule has 0 aromatic heterocycles. The number of nitrogens with one attached hydrogen (secondary N) is 1. The highest BCUT2D eigenvalue weighted by atomic mass is 35.5. The Balaban J connectivity index is 2.26. The van der Waals surface area contributed by atoms with Gasteiger partial charge >= 0.3 is 0 Å². The van der Waals surface area contributed by atoms with Crippen LogP contribution in [0.15, 0.2) is 42.5 Å². The summed E-state index contributed by atoms with van der Waals surface area (Å²) in [6, 6.07) is 11.6. The van der Waals surface area contributed by atoms with E-state index in [4.69, 9.17) is 23.2 Å². The number of aryl methyl sites for hydroxylation is 1. The first-order chi connectivity index (χ1) is 17.4. The zero-order valence-corrected chi connectivity index (χ0v) is 24.5. The standard InChI is InChI=1S/C27H37Cl2N3O4S/c1-6-20(4)30-27(34)24(7-2)31(18-21-14-15-22(28)23(29)17-21)26(33)13-10-16-32(37(5,35)36)25-12-9-8-11-19(25)3/h8-9,11-12,14-15,17,20,24H,6-7,10,13,16,18H2,1-5H3,(H,30,34). The summed E-state index contributed by atoms with van der Waals surface area (Å²) in [4.78, 5) is 28.2. The van der Waals surface area contributed by atoms with Crippen molar-refractivity contribution in [2.24, 2.45) is 0 Å². The van der Waals surface area contributed by atoms with Crippen molar-refractivity contribution < 1.29 is 18.0 Å². The first-order valence-electron chi connectivity index (χ1n) is 12.5. The molecule has 0 fully saturated rings. The molecule has 0 heterocycles. The van der Waals surface area contributed by atoms with E-state index >= 15 is 0 Å². The Morgan fingerprint density at radius 1 is 1.03 bits per heavy atom. The summed E-state index contributed by atoms with van der Waals surface area (Å²) >= 11 is 12.3. The number of benzene rings is 2. The molecule has 10 heteroatoms. The normalized spacial score (nSPS) is 13.1. The number of rotatable bonds is 13. The van der Waals surface area contributed by atoms with E-state index in [-0.39, 0.29) is 37.4 Å². The highest BCUT2D eigenvalue weighted by molar-refractivity contribution is 7.92. The fourth-order valence-corrected chi connectivity index (χ4v) is 5.36. The first kappa shape index (κ1) is 30.9. The highest BCUT2D eigenvalue weighted by Gasteiger charge is 2.29. The van der Waals surface area contributed by atoms with E-state index in [1.54, 1.807) is 35.2 Å². The number of carbonyl (C=O) groups is 2. The molecule has 2 rings (SSSR count). The quantitative estimate of drug-likeness (QED) is 0.341. The SMILES string of the molecule is CCC(C)NC(=O)C(CC)N(Cc1ccc(Cl)c(Cl)c1)C(=O)CCCN(c1ccccc1C)S(C)(=O)=O. The second-order valence-corrected chi connectivity index (χ2v) is 12.0. The Hall–Kier alpha value is -2.29. The molecule has 204 valence electrons. The minimum Gasteiger partial charge on any atom is -0.352 e. The first-order valence-corrected chi connectivity index (χ1v) is 15.1. The number of sulfonamides is 1. The van der Waals surface area contributed by atoms with Gasteiger partial charge in [0.05, 0.1) is 22.0 Å². The van der Waals surface area contributed by atoms with Crippen molar-refractivity contribution in [3.63, 3.8) is 0 Å². The molecule has 1 N–H and O–H groups in total. The molecular weight excluding hydrogens is 533 g/mol. The van der Waals surface area contributed by atoms with E-state index in [9.17, 15) is 18.0 Å². The van der Waals surface area contributed by atoms with Gasteiger partial charge in [-0.2, -0.15) is 0 Å². The molecule has 2 atom stereocenters. The fourth-order valence-electron chi connectivity index (χ4n) is 4.02. The maximum absolute atomic E-state index is 13.5. The van der Waals surface area contributed by atoms with Crippen LogP contribution in [0.1, 0.15) is 57.6 Å². The van der Waals surface area contributed by atoms with E-state index in [1.165, 1.54) is 4.31 Å². The predicted octanol–water partition coefficient (Wildman–Crippen LogP) is 5.57. The Kier molecular flexibility index (Phi) is 11.7. The van der Waals surface area contributed by atoms with Crippen LogP contribution in [-0.4, -0.2) is 50.0 Å². The summed E-state index contributed by atoms with van der Waals surface area (Å²) in [6.45, 7) is 7.92. The molecule has 7 nitrogen and oxygen atoms in total. The highest BCUT2D eigenvalue weighted by Crippen LogP contribution is 2.25. The minimum absolute atomic E-state index is 0.0269. The van der Waals surface area contributed by atoms with Crippen LogP contribution >= 0.6 is 23.2 Å². The molecule has 37 heavy (non-hydrogen) atoms. The number of hydrogen-bond donors (Lipinski definition) is 1. The van der Waals surface area contributed by atoms with Crippen molar-refractivity contribution >= 4 is 50.7 Å². The lowest BCUT2D eigenvalue weighted by molar-refractivity contribution is -0.141. The molecular formula is C27H37Cl2N3O4S. The number of amides is 2. The van der Waals surface area contributed by atoms with E-state index in [0.29, 0.717) is 28.6 Å². The molecule has 0 radical (unpaired) electrons. The van der Waals surface area contributed by atoms with Crippen LogP contribution in [0.2, 0.25) is 10.0 Å². The van der Waals surface area contributed by atoms with Crippen LogP contribution < -0.4 is 9.62 Å². The summed E-state index contributed by atoms with van der Waals surface area (Å²) in [6.07, 6.45) is 2.72. The monoisotopic (exact) mass is 569 g/mol. The van der Waals surface area contributed by atoms with Gasteiger partial charge in [0.15, 0.2) is 0 Å². The van der Waals surface area contributed by atoms with Crippen LogP contribution in [0.5, 0.6) is 0 Å². The van der Waals surface area contributed by atoms with E-state index < -0.39 is 16.1 Å². The number of hydrogen-bond acceptors (Lipinski definition) is 4. The average molecular weight is 571 g/mol. The molecule has 0 aliphatic carbocycles. The lowest BCUT2D eigenvalue weighted by Crippen LogP contribution is -2.50. The van der Waals surface area contributed by atoms with Gasteiger partial charge in [-0.1, -0.05) is 61.3 Å². The van der Waals surface area contributed by atoms with Crippen molar-refractivity contribution in [2.45, 2.75) is 72.0 Å². The second-order valence-electron chi connectivity index (χ2n) is 9.24. The molecule has 0 bridgehead atoms. The molecule has 2 aromatic carbocycles. The van der Waals surface area contributed by atoms with Gasteiger partial charge in [-0.3, -0.25) is 13.9 Å². The zero-order chi connectivity index (χ0) is 27.8. The number of para-hydroxylation sites is 1. The Bertz CT molecular complexity index is 1190. The van der Waals surface area contributed by atoms with Crippen molar-refractivity contribution in [2.75, 3.05) is 17.1 Å². The Morgan fingerprint density at radius 3 is 2.27 bits per heavy atom. The molecule has 0 spiro atoms.